The average Bonchev–Trinajstić information content (AvgIpc) is 2.90. The summed E-state index contributed by atoms with van der Waals surface area (Å²) in [5, 5.41) is 0. The predicted octanol–water partition coefficient (Wildman–Crippen LogP) is 1.24. The molecule has 2 rings (SSSR count). The Morgan fingerprint density at radius 1 is 1.20 bits per heavy atom. The molecule has 1 amide bonds. The van der Waals surface area contributed by atoms with Gasteiger partial charge in [-0.25, -0.2) is 19.4 Å². The Bertz CT molecular complexity index is 505. The summed E-state index contributed by atoms with van der Waals surface area (Å²) in [6.07, 6.45) is -0.127. The zero-order chi connectivity index (χ0) is 14.4. The molecule has 1 fully saturated rings. The normalized spacial score (nSPS) is 17.8. The highest BCUT2D eigenvalue weighted by molar-refractivity contribution is 7.85. The molecular formula is C13H15NO5S. The molecule has 0 radical (unpaired) electrons. The Balaban J connectivity index is 1.67. The molecule has 0 bridgehead atoms. The number of hydrogen-bond donors (Lipinski definition) is 0. The molecule has 0 N–H and O–H groups in total. The van der Waals surface area contributed by atoms with Crippen molar-refractivity contribution < 1.29 is 23.6 Å². The number of carbonyl (C=O) groups is 2. The van der Waals surface area contributed by atoms with Crippen LogP contribution in [-0.2, 0) is 31.8 Å². The second-order valence-electron chi connectivity index (χ2n) is 4.33. The summed E-state index contributed by atoms with van der Waals surface area (Å²) >= 11 is 0. The Morgan fingerprint density at radius 3 is 2.60 bits per heavy atom. The standard InChI is InChI=1S/C13H15NO5S/c15-12(7-6-11-4-2-1-3-5-11)18-19-13(16)14-8-9-20(17)10-14/h1-5H,6-10H2. The lowest BCUT2D eigenvalue weighted by atomic mass is 10.1. The maximum Gasteiger partial charge on any atom is 0.453 e. The summed E-state index contributed by atoms with van der Waals surface area (Å²) < 4.78 is 11.1. The Hall–Kier alpha value is -1.89. The Morgan fingerprint density at radius 2 is 1.95 bits per heavy atom. The van der Waals surface area contributed by atoms with Gasteiger partial charge in [-0.15, -0.1) is 0 Å². The van der Waals surface area contributed by atoms with Gasteiger partial charge in [0.1, 0.15) is 5.88 Å². The summed E-state index contributed by atoms with van der Waals surface area (Å²) in [7, 11) is -1.03. The molecule has 108 valence electrons. The Kier molecular flexibility index (Phi) is 5.11. The van der Waals surface area contributed by atoms with E-state index < -0.39 is 22.9 Å². The average molecular weight is 297 g/mol. The van der Waals surface area contributed by atoms with Gasteiger partial charge >= 0.3 is 12.1 Å². The molecule has 1 atom stereocenters. The lowest BCUT2D eigenvalue weighted by molar-refractivity contribution is -0.236. The molecule has 1 aromatic carbocycles. The highest BCUT2D eigenvalue weighted by Gasteiger charge is 2.25. The van der Waals surface area contributed by atoms with Crippen molar-refractivity contribution in [2.45, 2.75) is 12.8 Å². The maximum absolute atomic E-state index is 11.5. The molecule has 1 heterocycles. The van der Waals surface area contributed by atoms with E-state index in [-0.39, 0.29) is 12.3 Å². The van der Waals surface area contributed by atoms with Crippen LogP contribution in [-0.4, -0.2) is 39.3 Å². The fourth-order valence-electron chi connectivity index (χ4n) is 1.73. The van der Waals surface area contributed by atoms with Crippen LogP contribution >= 0.6 is 0 Å². The highest BCUT2D eigenvalue weighted by atomic mass is 32.2. The van der Waals surface area contributed by atoms with Gasteiger partial charge in [0.05, 0.1) is 6.42 Å². The molecule has 20 heavy (non-hydrogen) atoms. The van der Waals surface area contributed by atoms with Crippen molar-refractivity contribution in [1.29, 1.82) is 0 Å². The molecule has 1 aliphatic heterocycles. The zero-order valence-corrected chi connectivity index (χ0v) is 11.6. The molecule has 7 heteroatoms. The van der Waals surface area contributed by atoms with Gasteiger partial charge in [0.15, 0.2) is 0 Å². The maximum atomic E-state index is 11.5. The number of benzene rings is 1. The first-order valence-electron chi connectivity index (χ1n) is 6.20. The molecule has 0 aromatic heterocycles. The topological polar surface area (TPSA) is 72.9 Å². The van der Waals surface area contributed by atoms with Crippen molar-refractivity contribution in [3.63, 3.8) is 0 Å². The van der Waals surface area contributed by atoms with E-state index in [4.69, 9.17) is 0 Å². The molecule has 1 aromatic rings. The zero-order valence-electron chi connectivity index (χ0n) is 10.8. The van der Waals surface area contributed by atoms with E-state index in [0.717, 1.165) is 5.56 Å². The van der Waals surface area contributed by atoms with Crippen molar-refractivity contribution in [3.8, 4) is 0 Å². The third-order valence-electron chi connectivity index (χ3n) is 2.81. The van der Waals surface area contributed by atoms with Crippen LogP contribution in [0.25, 0.3) is 0 Å². The molecule has 6 nitrogen and oxygen atoms in total. The van der Waals surface area contributed by atoms with Crippen LogP contribution in [0, 0.1) is 0 Å². The Labute approximate surface area is 119 Å². The predicted molar refractivity (Wildman–Crippen MR) is 71.9 cm³/mol. The number of carbonyl (C=O) groups excluding carboxylic acids is 2. The van der Waals surface area contributed by atoms with E-state index in [2.05, 4.69) is 9.78 Å². The highest BCUT2D eigenvalue weighted by Crippen LogP contribution is 2.07. The van der Waals surface area contributed by atoms with Gasteiger partial charge in [0, 0.05) is 23.1 Å². The van der Waals surface area contributed by atoms with Crippen LogP contribution in [0.3, 0.4) is 0 Å². The lowest BCUT2D eigenvalue weighted by Gasteiger charge is -2.11. The first-order chi connectivity index (χ1) is 9.65. The van der Waals surface area contributed by atoms with Gasteiger partial charge in [-0.2, -0.15) is 0 Å². The van der Waals surface area contributed by atoms with Crippen LogP contribution in [0.1, 0.15) is 12.0 Å². The quantitative estimate of drug-likeness (QED) is 0.620. The van der Waals surface area contributed by atoms with E-state index in [9.17, 15) is 13.8 Å². The third-order valence-corrected chi connectivity index (χ3v) is 4.05. The second-order valence-corrected chi connectivity index (χ2v) is 5.87. The number of aryl methyl sites for hydroxylation is 1. The fourth-order valence-corrected chi connectivity index (χ4v) is 2.86. The monoisotopic (exact) mass is 297 g/mol. The molecule has 0 spiro atoms. The van der Waals surface area contributed by atoms with Gasteiger partial charge in [0.2, 0.25) is 0 Å². The van der Waals surface area contributed by atoms with E-state index in [0.29, 0.717) is 18.7 Å². The summed E-state index contributed by atoms with van der Waals surface area (Å²) in [5.41, 5.74) is 1.01. The smallest absolute Gasteiger partial charge is 0.292 e. The molecular weight excluding hydrogens is 282 g/mol. The van der Waals surface area contributed by atoms with Crippen LogP contribution < -0.4 is 0 Å². The minimum absolute atomic E-state index is 0.125. The molecule has 1 saturated heterocycles. The molecule has 1 aliphatic rings. The van der Waals surface area contributed by atoms with Crippen LogP contribution in [0.4, 0.5) is 4.79 Å². The second kappa shape index (κ2) is 7.04. The number of nitrogens with zero attached hydrogens (tertiary/aromatic N) is 1. The molecule has 0 aliphatic carbocycles. The van der Waals surface area contributed by atoms with Crippen molar-refractivity contribution in [2.24, 2.45) is 0 Å². The largest absolute Gasteiger partial charge is 0.453 e. The number of hydrogen-bond acceptors (Lipinski definition) is 5. The van der Waals surface area contributed by atoms with Crippen molar-refractivity contribution in [3.05, 3.63) is 35.9 Å². The van der Waals surface area contributed by atoms with E-state index in [1.807, 2.05) is 30.3 Å². The number of rotatable bonds is 3. The van der Waals surface area contributed by atoms with Gasteiger partial charge in [-0.3, -0.25) is 9.11 Å². The SMILES string of the molecule is O=C(CCc1ccccc1)OOC(=O)N1CCS(=O)C1. The fraction of sp³-hybridized carbons (Fsp3) is 0.385. The van der Waals surface area contributed by atoms with Gasteiger partial charge in [0.25, 0.3) is 0 Å². The first-order valence-corrected chi connectivity index (χ1v) is 7.69. The van der Waals surface area contributed by atoms with E-state index >= 15 is 0 Å². The van der Waals surface area contributed by atoms with Crippen LogP contribution in [0.5, 0.6) is 0 Å². The van der Waals surface area contributed by atoms with Crippen LogP contribution in [0.15, 0.2) is 30.3 Å². The van der Waals surface area contributed by atoms with Crippen LogP contribution in [0.2, 0.25) is 0 Å². The first kappa shape index (κ1) is 14.5. The minimum atomic E-state index is -1.03. The minimum Gasteiger partial charge on any atom is -0.292 e. The molecule has 0 saturated carbocycles. The van der Waals surface area contributed by atoms with Gasteiger partial charge < -0.3 is 0 Å². The summed E-state index contributed by atoms with van der Waals surface area (Å²) in [6, 6.07) is 9.46. The third kappa shape index (κ3) is 4.34. The lowest BCUT2D eigenvalue weighted by Crippen LogP contribution is -2.30. The van der Waals surface area contributed by atoms with Gasteiger partial charge in [-0.05, 0) is 12.0 Å². The van der Waals surface area contributed by atoms with Crippen molar-refractivity contribution >= 4 is 22.9 Å². The molecule has 1 unspecified atom stereocenters. The summed E-state index contributed by atoms with van der Waals surface area (Å²) in [6.45, 7) is 0.354. The van der Waals surface area contributed by atoms with Crippen molar-refractivity contribution in [2.75, 3.05) is 18.2 Å². The summed E-state index contributed by atoms with van der Waals surface area (Å²) in [4.78, 5) is 33.0. The summed E-state index contributed by atoms with van der Waals surface area (Å²) in [5.74, 6) is -0.0557. The van der Waals surface area contributed by atoms with E-state index in [1.165, 1.54) is 4.90 Å². The van der Waals surface area contributed by atoms with Gasteiger partial charge in [-0.1, -0.05) is 30.3 Å². The van der Waals surface area contributed by atoms with Crippen molar-refractivity contribution in [1.82, 2.24) is 4.90 Å². The van der Waals surface area contributed by atoms with E-state index in [1.54, 1.807) is 0 Å². The number of amides is 1.